The molecule has 0 saturated carbocycles. The maximum Gasteiger partial charge on any atom is 0.176 e. The number of furan rings is 1. The van der Waals surface area contributed by atoms with Crippen LogP contribution in [0.2, 0.25) is 0 Å². The van der Waals surface area contributed by atoms with Crippen molar-refractivity contribution in [3.05, 3.63) is 47.0 Å². The van der Waals surface area contributed by atoms with Crippen molar-refractivity contribution in [2.45, 2.75) is 39.7 Å². The van der Waals surface area contributed by atoms with Crippen molar-refractivity contribution in [3.8, 4) is 5.75 Å². The van der Waals surface area contributed by atoms with E-state index in [0.717, 1.165) is 40.5 Å². The molecular formula is C19H24N2O3. The zero-order valence-corrected chi connectivity index (χ0v) is 14.8. The number of fused-ring (bicyclic) bond motifs is 1. The first-order chi connectivity index (χ1) is 11.5. The maximum atomic E-state index is 6.00. The Balaban J connectivity index is 1.72. The Morgan fingerprint density at radius 2 is 2.04 bits per heavy atom. The van der Waals surface area contributed by atoms with E-state index in [1.54, 1.807) is 7.11 Å². The van der Waals surface area contributed by atoms with Gasteiger partial charge >= 0.3 is 0 Å². The van der Waals surface area contributed by atoms with Crippen LogP contribution in [0.25, 0.3) is 11.0 Å². The number of benzene rings is 1. The quantitative estimate of drug-likeness (QED) is 0.722. The molecule has 5 nitrogen and oxygen atoms in total. The second kappa shape index (κ2) is 6.69. The molecule has 3 rings (SSSR count). The molecular weight excluding hydrogens is 304 g/mol. The number of rotatable bonds is 6. The van der Waals surface area contributed by atoms with Crippen LogP contribution >= 0.6 is 0 Å². The van der Waals surface area contributed by atoms with Gasteiger partial charge < -0.3 is 19.0 Å². The van der Waals surface area contributed by atoms with E-state index in [4.69, 9.17) is 13.7 Å². The zero-order chi connectivity index (χ0) is 17.3. The third kappa shape index (κ3) is 3.04. The van der Waals surface area contributed by atoms with Gasteiger partial charge in [0.1, 0.15) is 11.5 Å². The monoisotopic (exact) mass is 328 g/mol. The highest BCUT2D eigenvalue weighted by atomic mass is 16.5. The molecule has 2 aromatic heterocycles. The third-order valence-electron chi connectivity index (χ3n) is 4.49. The van der Waals surface area contributed by atoms with E-state index < -0.39 is 0 Å². The summed E-state index contributed by atoms with van der Waals surface area (Å²) >= 11 is 0. The Morgan fingerprint density at radius 3 is 2.71 bits per heavy atom. The van der Waals surface area contributed by atoms with Crippen LogP contribution in [0.5, 0.6) is 5.75 Å². The van der Waals surface area contributed by atoms with Gasteiger partial charge in [0, 0.05) is 17.5 Å². The Hall–Kier alpha value is -2.27. The minimum atomic E-state index is 0.102. The van der Waals surface area contributed by atoms with E-state index >= 15 is 0 Å². The number of hydrogen-bond acceptors (Lipinski definition) is 5. The molecule has 0 aliphatic rings. The van der Waals surface area contributed by atoms with Crippen molar-refractivity contribution in [3.63, 3.8) is 0 Å². The van der Waals surface area contributed by atoms with Crippen molar-refractivity contribution in [2.75, 3.05) is 13.7 Å². The summed E-state index contributed by atoms with van der Waals surface area (Å²) in [5, 5.41) is 8.62. The lowest BCUT2D eigenvalue weighted by Gasteiger charge is -2.16. The van der Waals surface area contributed by atoms with Gasteiger partial charge in [0.2, 0.25) is 0 Å². The molecule has 0 unspecified atom stereocenters. The first kappa shape index (κ1) is 16.6. The molecule has 24 heavy (non-hydrogen) atoms. The molecule has 1 N–H and O–H groups in total. The van der Waals surface area contributed by atoms with Crippen LogP contribution in [-0.2, 0) is 0 Å². The van der Waals surface area contributed by atoms with Gasteiger partial charge in [-0.3, -0.25) is 0 Å². The molecule has 0 saturated heterocycles. The molecule has 5 heteroatoms. The number of nitrogens with one attached hydrogen (secondary N) is 1. The van der Waals surface area contributed by atoms with Crippen molar-refractivity contribution in [1.82, 2.24) is 10.5 Å². The molecule has 3 aromatic rings. The highest BCUT2D eigenvalue weighted by Gasteiger charge is 2.19. The van der Waals surface area contributed by atoms with E-state index in [-0.39, 0.29) is 6.04 Å². The van der Waals surface area contributed by atoms with Crippen LogP contribution in [0.4, 0.5) is 0 Å². The van der Waals surface area contributed by atoms with Crippen LogP contribution in [-0.4, -0.2) is 18.8 Å². The van der Waals surface area contributed by atoms with Crippen LogP contribution in [0.3, 0.4) is 0 Å². The minimum absolute atomic E-state index is 0.102. The van der Waals surface area contributed by atoms with E-state index in [1.807, 2.05) is 32.0 Å². The molecule has 0 amide bonds. The molecule has 2 heterocycles. The SMILES string of the molecule is COc1cccc2cc([C@H](C)NC[C@@H](C)c3c(C)noc3C)oc12. The minimum Gasteiger partial charge on any atom is -0.493 e. The average molecular weight is 328 g/mol. The van der Waals surface area contributed by atoms with E-state index in [9.17, 15) is 0 Å². The Kier molecular flexibility index (Phi) is 4.62. The van der Waals surface area contributed by atoms with Gasteiger partial charge in [-0.05, 0) is 38.8 Å². The first-order valence-corrected chi connectivity index (χ1v) is 8.23. The summed E-state index contributed by atoms with van der Waals surface area (Å²) in [5.41, 5.74) is 2.94. The Labute approximate surface area is 142 Å². The summed E-state index contributed by atoms with van der Waals surface area (Å²) < 4.78 is 16.6. The van der Waals surface area contributed by atoms with Crippen molar-refractivity contribution < 1.29 is 13.7 Å². The Morgan fingerprint density at radius 1 is 1.25 bits per heavy atom. The molecule has 128 valence electrons. The largest absolute Gasteiger partial charge is 0.493 e. The smallest absolute Gasteiger partial charge is 0.176 e. The molecule has 0 aliphatic carbocycles. The molecule has 0 bridgehead atoms. The lowest BCUT2D eigenvalue weighted by Crippen LogP contribution is -2.23. The fraction of sp³-hybridized carbons (Fsp3) is 0.421. The summed E-state index contributed by atoms with van der Waals surface area (Å²) in [7, 11) is 1.66. The van der Waals surface area contributed by atoms with Crippen molar-refractivity contribution in [2.24, 2.45) is 0 Å². The van der Waals surface area contributed by atoms with E-state index in [0.29, 0.717) is 5.92 Å². The van der Waals surface area contributed by atoms with E-state index in [1.165, 1.54) is 5.56 Å². The molecule has 0 fully saturated rings. The number of nitrogens with zero attached hydrogens (tertiary/aromatic N) is 1. The highest BCUT2D eigenvalue weighted by molar-refractivity contribution is 5.83. The standard InChI is InChI=1S/C19H24N2O3/c1-11(18-13(3)21-24-14(18)4)10-20-12(2)17-9-15-7-6-8-16(22-5)19(15)23-17/h6-9,11-12,20H,10H2,1-5H3/t11-,12+/m1/s1. The van der Waals surface area contributed by atoms with Gasteiger partial charge in [-0.2, -0.15) is 0 Å². The number of hydrogen-bond donors (Lipinski definition) is 1. The van der Waals surface area contributed by atoms with Crippen molar-refractivity contribution >= 4 is 11.0 Å². The molecule has 2 atom stereocenters. The molecule has 1 aromatic carbocycles. The molecule has 0 aliphatic heterocycles. The number of aromatic nitrogens is 1. The van der Waals surface area contributed by atoms with Crippen LogP contribution in [0.15, 0.2) is 33.2 Å². The van der Waals surface area contributed by atoms with Gasteiger partial charge in [-0.25, -0.2) is 0 Å². The normalized spacial score (nSPS) is 14.0. The predicted molar refractivity (Wildman–Crippen MR) is 93.6 cm³/mol. The summed E-state index contributed by atoms with van der Waals surface area (Å²) in [6.45, 7) is 9.04. The zero-order valence-electron chi connectivity index (χ0n) is 14.8. The highest BCUT2D eigenvalue weighted by Crippen LogP contribution is 2.31. The number of ether oxygens (including phenoxy) is 1. The number of para-hydroxylation sites is 1. The number of methoxy groups -OCH3 is 1. The summed E-state index contributed by atoms with van der Waals surface area (Å²) in [6, 6.07) is 8.08. The third-order valence-corrected chi connectivity index (χ3v) is 4.49. The summed E-state index contributed by atoms with van der Waals surface area (Å²) in [6.07, 6.45) is 0. The van der Waals surface area contributed by atoms with Gasteiger partial charge in [-0.1, -0.05) is 24.2 Å². The fourth-order valence-corrected chi connectivity index (χ4v) is 3.18. The summed E-state index contributed by atoms with van der Waals surface area (Å²) in [5.74, 6) is 2.87. The number of aryl methyl sites for hydroxylation is 2. The van der Waals surface area contributed by atoms with Gasteiger partial charge in [0.25, 0.3) is 0 Å². The van der Waals surface area contributed by atoms with Gasteiger partial charge in [0.05, 0.1) is 18.8 Å². The fourth-order valence-electron chi connectivity index (χ4n) is 3.18. The van der Waals surface area contributed by atoms with Crippen LogP contribution < -0.4 is 10.1 Å². The topological polar surface area (TPSA) is 60.4 Å². The second-order valence-electron chi connectivity index (χ2n) is 6.30. The van der Waals surface area contributed by atoms with E-state index in [2.05, 4.69) is 30.4 Å². The maximum absolute atomic E-state index is 6.00. The van der Waals surface area contributed by atoms with Gasteiger partial charge in [-0.15, -0.1) is 0 Å². The average Bonchev–Trinajstić information content (AvgIpc) is 3.15. The molecule has 0 radical (unpaired) electrons. The van der Waals surface area contributed by atoms with Gasteiger partial charge in [0.15, 0.2) is 11.3 Å². The summed E-state index contributed by atoms with van der Waals surface area (Å²) in [4.78, 5) is 0. The lowest BCUT2D eigenvalue weighted by atomic mass is 9.99. The predicted octanol–water partition coefficient (Wildman–Crippen LogP) is 4.50. The lowest BCUT2D eigenvalue weighted by molar-refractivity contribution is 0.389. The Bertz CT molecular complexity index is 815. The van der Waals surface area contributed by atoms with Crippen LogP contribution in [0.1, 0.15) is 48.6 Å². The first-order valence-electron chi connectivity index (χ1n) is 8.23. The second-order valence-corrected chi connectivity index (χ2v) is 6.30. The van der Waals surface area contributed by atoms with Crippen LogP contribution in [0, 0.1) is 13.8 Å². The van der Waals surface area contributed by atoms with Crippen molar-refractivity contribution in [1.29, 1.82) is 0 Å². The molecule has 0 spiro atoms.